The molecule has 4 nitrogen and oxygen atoms in total. The van der Waals surface area contributed by atoms with E-state index in [1.165, 1.54) is 18.2 Å². The summed E-state index contributed by atoms with van der Waals surface area (Å²) in [7, 11) is 0. The van der Waals surface area contributed by atoms with Crippen LogP contribution in [0.15, 0.2) is 36.4 Å². The van der Waals surface area contributed by atoms with Gasteiger partial charge in [0.15, 0.2) is 0 Å². The largest absolute Gasteiger partial charge is 0.478 e. The molecule has 0 fully saturated rings. The van der Waals surface area contributed by atoms with Crippen molar-refractivity contribution in [2.45, 2.75) is 20.4 Å². The van der Waals surface area contributed by atoms with Gasteiger partial charge in [-0.2, -0.15) is 5.10 Å². The van der Waals surface area contributed by atoms with Gasteiger partial charge in [0.2, 0.25) is 0 Å². The number of hydrogen-bond donors (Lipinski definition) is 1. The van der Waals surface area contributed by atoms with Crippen molar-refractivity contribution < 1.29 is 14.3 Å². The van der Waals surface area contributed by atoms with E-state index in [1.807, 2.05) is 0 Å². The highest BCUT2D eigenvalue weighted by Crippen LogP contribution is 2.31. The summed E-state index contributed by atoms with van der Waals surface area (Å²) in [4.78, 5) is 11.2. The van der Waals surface area contributed by atoms with Crippen molar-refractivity contribution in [3.63, 3.8) is 0 Å². The average molecular weight is 347 g/mol. The molecule has 0 aliphatic carbocycles. The first-order valence-electron chi connectivity index (χ1n) is 7.56. The number of hydrogen-bond acceptors (Lipinski definition) is 2. The Bertz CT molecular complexity index is 934. The summed E-state index contributed by atoms with van der Waals surface area (Å²) in [5, 5.41) is 14.6. The summed E-state index contributed by atoms with van der Waals surface area (Å²) in [5.41, 5.74) is 2.13. The zero-order valence-corrected chi connectivity index (χ0v) is 14.0. The molecular weight excluding hydrogens is 331 g/mol. The lowest BCUT2D eigenvalue weighted by atomic mass is 10.1. The molecule has 0 spiro atoms. The van der Waals surface area contributed by atoms with E-state index in [-0.39, 0.29) is 10.6 Å². The van der Waals surface area contributed by atoms with Crippen molar-refractivity contribution in [1.82, 2.24) is 9.78 Å². The number of halogens is 2. The SMILES string of the molecule is CC(C)Cn1nc(-c2ccc(Cl)c(F)c2)c2ccc(C(=O)O)cc21. The Balaban J connectivity index is 2.24. The van der Waals surface area contributed by atoms with E-state index in [9.17, 15) is 14.3 Å². The van der Waals surface area contributed by atoms with Crippen LogP contribution in [0.25, 0.3) is 22.2 Å². The van der Waals surface area contributed by atoms with Crippen LogP contribution in [-0.2, 0) is 6.54 Å². The molecule has 3 rings (SSSR count). The molecule has 0 unspecified atom stereocenters. The van der Waals surface area contributed by atoms with E-state index >= 15 is 0 Å². The molecule has 0 amide bonds. The lowest BCUT2D eigenvalue weighted by Gasteiger charge is -2.06. The fourth-order valence-corrected chi connectivity index (χ4v) is 2.77. The minimum atomic E-state index is -0.992. The number of carboxylic acid groups (broad SMARTS) is 1. The highest BCUT2D eigenvalue weighted by Gasteiger charge is 2.16. The van der Waals surface area contributed by atoms with Gasteiger partial charge in [0.25, 0.3) is 0 Å². The summed E-state index contributed by atoms with van der Waals surface area (Å²) in [6, 6.07) is 9.38. The molecule has 0 atom stereocenters. The number of fused-ring (bicyclic) bond motifs is 1. The molecule has 1 heterocycles. The van der Waals surface area contributed by atoms with Gasteiger partial charge in [-0.1, -0.05) is 31.5 Å². The number of carbonyl (C=O) groups is 1. The third-order valence-electron chi connectivity index (χ3n) is 3.73. The minimum absolute atomic E-state index is 0.0535. The van der Waals surface area contributed by atoms with Crippen LogP contribution in [0, 0.1) is 11.7 Å². The molecule has 0 saturated heterocycles. The van der Waals surface area contributed by atoms with Crippen molar-refractivity contribution >= 4 is 28.5 Å². The molecule has 0 aliphatic heterocycles. The van der Waals surface area contributed by atoms with E-state index in [2.05, 4.69) is 18.9 Å². The van der Waals surface area contributed by atoms with E-state index in [0.29, 0.717) is 29.2 Å². The van der Waals surface area contributed by atoms with Gasteiger partial charge in [-0.05, 0) is 36.2 Å². The molecule has 1 N–H and O–H groups in total. The Kier molecular flexibility index (Phi) is 4.28. The van der Waals surface area contributed by atoms with E-state index in [1.54, 1.807) is 22.9 Å². The molecular formula is C18H16ClFN2O2. The van der Waals surface area contributed by atoms with Gasteiger partial charge >= 0.3 is 5.97 Å². The lowest BCUT2D eigenvalue weighted by Crippen LogP contribution is -2.06. The summed E-state index contributed by atoms with van der Waals surface area (Å²) < 4.78 is 15.6. The number of aromatic nitrogens is 2. The average Bonchev–Trinajstić information content (AvgIpc) is 2.87. The molecule has 0 aliphatic rings. The van der Waals surface area contributed by atoms with Gasteiger partial charge in [0.05, 0.1) is 16.1 Å². The first-order valence-corrected chi connectivity index (χ1v) is 7.94. The molecule has 0 saturated carbocycles. The number of aromatic carboxylic acids is 1. The standard InChI is InChI=1S/C18H16ClFN2O2/c1-10(2)9-22-16-8-12(18(23)24)3-5-13(16)17(21-22)11-4-6-14(19)15(20)7-11/h3-8,10H,9H2,1-2H3,(H,23,24). The summed E-state index contributed by atoms with van der Waals surface area (Å²) in [6.45, 7) is 4.74. The van der Waals surface area contributed by atoms with Crippen LogP contribution in [-0.4, -0.2) is 20.9 Å². The highest BCUT2D eigenvalue weighted by atomic mass is 35.5. The summed E-state index contributed by atoms with van der Waals surface area (Å²) in [5.74, 6) is -1.17. The zero-order valence-electron chi connectivity index (χ0n) is 13.3. The van der Waals surface area contributed by atoms with E-state index in [0.717, 1.165) is 5.39 Å². The van der Waals surface area contributed by atoms with Crippen LogP contribution in [0.5, 0.6) is 0 Å². The second kappa shape index (κ2) is 6.24. The normalized spacial score (nSPS) is 11.4. The summed E-state index contributed by atoms with van der Waals surface area (Å²) >= 11 is 5.75. The van der Waals surface area contributed by atoms with Crippen LogP contribution in [0.1, 0.15) is 24.2 Å². The number of rotatable bonds is 4. The quantitative estimate of drug-likeness (QED) is 0.734. The van der Waals surface area contributed by atoms with Crippen molar-refractivity contribution in [2.75, 3.05) is 0 Å². The van der Waals surface area contributed by atoms with Gasteiger partial charge in [-0.25, -0.2) is 9.18 Å². The van der Waals surface area contributed by atoms with E-state index in [4.69, 9.17) is 11.6 Å². The predicted molar refractivity (Wildman–Crippen MR) is 91.9 cm³/mol. The van der Waals surface area contributed by atoms with E-state index < -0.39 is 11.8 Å². The molecule has 124 valence electrons. The molecule has 1 aromatic heterocycles. The third kappa shape index (κ3) is 2.99. The van der Waals surface area contributed by atoms with Gasteiger partial charge in [-0.3, -0.25) is 4.68 Å². The van der Waals surface area contributed by atoms with Gasteiger partial charge < -0.3 is 5.11 Å². The zero-order chi connectivity index (χ0) is 17.4. The Morgan fingerprint density at radius 3 is 2.67 bits per heavy atom. The smallest absolute Gasteiger partial charge is 0.335 e. The van der Waals surface area contributed by atoms with Gasteiger partial charge in [0, 0.05) is 17.5 Å². The lowest BCUT2D eigenvalue weighted by molar-refractivity contribution is 0.0697. The molecule has 0 bridgehead atoms. The van der Waals surface area contributed by atoms with Crippen LogP contribution in [0.2, 0.25) is 5.02 Å². The molecule has 6 heteroatoms. The number of carboxylic acids is 1. The Morgan fingerprint density at radius 1 is 1.29 bits per heavy atom. The van der Waals surface area contributed by atoms with Crippen molar-refractivity contribution in [2.24, 2.45) is 5.92 Å². The second-order valence-electron chi connectivity index (χ2n) is 6.09. The summed E-state index contributed by atoms with van der Waals surface area (Å²) in [6.07, 6.45) is 0. The number of benzene rings is 2. The van der Waals surface area contributed by atoms with Crippen molar-refractivity contribution in [3.8, 4) is 11.3 Å². The minimum Gasteiger partial charge on any atom is -0.478 e. The topological polar surface area (TPSA) is 55.1 Å². The fourth-order valence-electron chi connectivity index (χ4n) is 2.65. The maximum absolute atomic E-state index is 13.8. The predicted octanol–water partition coefficient (Wildman–Crippen LogP) is 4.85. The Labute approximate surface area is 143 Å². The first-order chi connectivity index (χ1) is 11.4. The highest BCUT2D eigenvalue weighted by molar-refractivity contribution is 6.30. The van der Waals surface area contributed by atoms with Crippen molar-refractivity contribution in [1.29, 1.82) is 0 Å². The Hall–Kier alpha value is -2.40. The van der Waals surface area contributed by atoms with Crippen LogP contribution in [0.3, 0.4) is 0 Å². The molecule has 2 aromatic carbocycles. The fraction of sp³-hybridized carbons (Fsp3) is 0.222. The molecule has 0 radical (unpaired) electrons. The molecule has 3 aromatic rings. The van der Waals surface area contributed by atoms with Gasteiger partial charge in [-0.15, -0.1) is 0 Å². The number of nitrogens with zero attached hydrogens (tertiary/aromatic N) is 2. The maximum Gasteiger partial charge on any atom is 0.335 e. The first kappa shape index (κ1) is 16.5. The third-order valence-corrected chi connectivity index (χ3v) is 4.04. The maximum atomic E-state index is 13.8. The monoisotopic (exact) mass is 346 g/mol. The Morgan fingerprint density at radius 2 is 2.04 bits per heavy atom. The molecule has 24 heavy (non-hydrogen) atoms. The second-order valence-corrected chi connectivity index (χ2v) is 6.50. The van der Waals surface area contributed by atoms with Gasteiger partial charge in [0.1, 0.15) is 11.5 Å². The van der Waals surface area contributed by atoms with Crippen molar-refractivity contribution in [3.05, 3.63) is 52.8 Å². The van der Waals surface area contributed by atoms with Crippen LogP contribution >= 0.6 is 11.6 Å². The van der Waals surface area contributed by atoms with Crippen LogP contribution < -0.4 is 0 Å². The van der Waals surface area contributed by atoms with Crippen LogP contribution in [0.4, 0.5) is 4.39 Å².